The van der Waals surface area contributed by atoms with E-state index in [1.807, 2.05) is 13.0 Å². The summed E-state index contributed by atoms with van der Waals surface area (Å²) in [5.41, 5.74) is 2.65. The standard InChI is InChI=1S/C13H12BrFN2/c1-9-7-16-5-4-13(9)17-8-10-6-11(14)2-3-12(10)15/h2-7H,8H2,1H3,(H,16,17). The summed E-state index contributed by atoms with van der Waals surface area (Å²) in [5.74, 6) is -0.201. The summed E-state index contributed by atoms with van der Waals surface area (Å²) in [6.07, 6.45) is 3.49. The lowest BCUT2D eigenvalue weighted by Gasteiger charge is -2.09. The Balaban J connectivity index is 2.12. The molecule has 1 aromatic heterocycles. The van der Waals surface area contributed by atoms with E-state index in [-0.39, 0.29) is 5.82 Å². The quantitative estimate of drug-likeness (QED) is 0.928. The fraction of sp³-hybridized carbons (Fsp3) is 0.154. The van der Waals surface area contributed by atoms with E-state index in [9.17, 15) is 4.39 Å². The minimum Gasteiger partial charge on any atom is -0.381 e. The van der Waals surface area contributed by atoms with Crippen LogP contribution < -0.4 is 5.32 Å². The zero-order chi connectivity index (χ0) is 12.3. The summed E-state index contributed by atoms with van der Waals surface area (Å²) in [5, 5.41) is 3.20. The van der Waals surface area contributed by atoms with Crippen molar-refractivity contribution >= 4 is 21.6 Å². The van der Waals surface area contributed by atoms with Crippen molar-refractivity contribution in [1.29, 1.82) is 0 Å². The maximum Gasteiger partial charge on any atom is 0.128 e. The van der Waals surface area contributed by atoms with Crippen LogP contribution in [0.4, 0.5) is 10.1 Å². The Kier molecular flexibility index (Phi) is 3.74. The predicted octanol–water partition coefficient (Wildman–Crippen LogP) is 3.90. The maximum absolute atomic E-state index is 13.5. The average Bonchev–Trinajstić information content (AvgIpc) is 2.32. The Morgan fingerprint density at radius 3 is 2.94 bits per heavy atom. The molecule has 1 heterocycles. The van der Waals surface area contributed by atoms with Crippen molar-refractivity contribution in [3.8, 4) is 0 Å². The van der Waals surface area contributed by atoms with Crippen LogP contribution in [0.2, 0.25) is 0 Å². The number of aromatic nitrogens is 1. The lowest BCUT2D eigenvalue weighted by atomic mass is 10.2. The van der Waals surface area contributed by atoms with E-state index in [4.69, 9.17) is 0 Å². The normalized spacial score (nSPS) is 10.3. The molecule has 0 fully saturated rings. The van der Waals surface area contributed by atoms with Crippen molar-refractivity contribution < 1.29 is 4.39 Å². The van der Waals surface area contributed by atoms with Crippen molar-refractivity contribution in [2.75, 3.05) is 5.32 Å². The smallest absolute Gasteiger partial charge is 0.128 e. The monoisotopic (exact) mass is 294 g/mol. The van der Waals surface area contributed by atoms with Gasteiger partial charge in [0.2, 0.25) is 0 Å². The number of hydrogen-bond acceptors (Lipinski definition) is 2. The zero-order valence-electron chi connectivity index (χ0n) is 9.37. The van der Waals surface area contributed by atoms with Crippen LogP contribution in [-0.2, 0) is 6.54 Å². The van der Waals surface area contributed by atoms with Gasteiger partial charge < -0.3 is 5.32 Å². The van der Waals surface area contributed by atoms with Crippen LogP contribution in [0.1, 0.15) is 11.1 Å². The van der Waals surface area contributed by atoms with Gasteiger partial charge in [0.05, 0.1) is 0 Å². The van der Waals surface area contributed by atoms with Gasteiger partial charge in [-0.25, -0.2) is 4.39 Å². The topological polar surface area (TPSA) is 24.9 Å². The molecule has 0 spiro atoms. The molecule has 2 rings (SSSR count). The Labute approximate surface area is 108 Å². The Bertz CT molecular complexity index is 529. The molecule has 17 heavy (non-hydrogen) atoms. The third-order valence-electron chi connectivity index (χ3n) is 2.50. The van der Waals surface area contributed by atoms with Gasteiger partial charge in [0.15, 0.2) is 0 Å². The summed E-state index contributed by atoms with van der Waals surface area (Å²) in [4.78, 5) is 4.01. The van der Waals surface area contributed by atoms with Crippen LogP contribution in [0.5, 0.6) is 0 Å². The minimum absolute atomic E-state index is 0.201. The molecule has 1 N–H and O–H groups in total. The predicted molar refractivity (Wildman–Crippen MR) is 70.4 cm³/mol. The summed E-state index contributed by atoms with van der Waals surface area (Å²) < 4.78 is 14.4. The molecule has 0 saturated carbocycles. The van der Waals surface area contributed by atoms with Gasteiger partial charge in [-0.15, -0.1) is 0 Å². The highest BCUT2D eigenvalue weighted by Crippen LogP contribution is 2.18. The Morgan fingerprint density at radius 1 is 1.35 bits per heavy atom. The molecule has 0 aliphatic carbocycles. The number of nitrogens with one attached hydrogen (secondary N) is 1. The van der Waals surface area contributed by atoms with Crippen molar-refractivity contribution in [2.45, 2.75) is 13.5 Å². The van der Waals surface area contributed by atoms with Gasteiger partial charge in [-0.05, 0) is 36.8 Å². The molecule has 0 radical (unpaired) electrons. The van der Waals surface area contributed by atoms with Gasteiger partial charge in [-0.3, -0.25) is 4.98 Å². The molecule has 2 aromatic rings. The van der Waals surface area contributed by atoms with E-state index >= 15 is 0 Å². The third-order valence-corrected chi connectivity index (χ3v) is 2.99. The van der Waals surface area contributed by atoms with E-state index in [2.05, 4.69) is 26.2 Å². The fourth-order valence-corrected chi connectivity index (χ4v) is 1.95. The first-order valence-electron chi connectivity index (χ1n) is 5.25. The van der Waals surface area contributed by atoms with Crippen LogP contribution in [0, 0.1) is 12.7 Å². The van der Waals surface area contributed by atoms with Crippen molar-refractivity contribution in [3.05, 3.63) is 58.1 Å². The van der Waals surface area contributed by atoms with E-state index in [1.54, 1.807) is 24.5 Å². The van der Waals surface area contributed by atoms with Crippen molar-refractivity contribution in [3.63, 3.8) is 0 Å². The van der Waals surface area contributed by atoms with E-state index in [0.717, 1.165) is 15.7 Å². The molecule has 88 valence electrons. The lowest BCUT2D eigenvalue weighted by molar-refractivity contribution is 0.612. The van der Waals surface area contributed by atoms with Gasteiger partial charge in [0.25, 0.3) is 0 Å². The van der Waals surface area contributed by atoms with E-state index < -0.39 is 0 Å². The van der Waals surface area contributed by atoms with Crippen molar-refractivity contribution in [1.82, 2.24) is 4.98 Å². The summed E-state index contributed by atoms with van der Waals surface area (Å²) in [6.45, 7) is 2.42. The van der Waals surface area contributed by atoms with E-state index in [1.165, 1.54) is 6.07 Å². The highest BCUT2D eigenvalue weighted by atomic mass is 79.9. The number of halogens is 2. The molecular formula is C13H12BrFN2. The second-order valence-corrected chi connectivity index (χ2v) is 4.70. The van der Waals surface area contributed by atoms with Crippen LogP contribution in [0.15, 0.2) is 41.1 Å². The Morgan fingerprint density at radius 2 is 2.18 bits per heavy atom. The van der Waals surface area contributed by atoms with Crippen LogP contribution in [0.3, 0.4) is 0 Å². The number of aryl methyl sites for hydroxylation is 1. The number of pyridine rings is 1. The molecule has 1 aromatic carbocycles. The van der Waals surface area contributed by atoms with Crippen LogP contribution in [0.25, 0.3) is 0 Å². The minimum atomic E-state index is -0.201. The maximum atomic E-state index is 13.5. The average molecular weight is 295 g/mol. The lowest BCUT2D eigenvalue weighted by Crippen LogP contribution is -2.03. The molecule has 0 bridgehead atoms. The van der Waals surface area contributed by atoms with Gasteiger partial charge in [-0.1, -0.05) is 15.9 Å². The highest BCUT2D eigenvalue weighted by molar-refractivity contribution is 9.10. The molecular weight excluding hydrogens is 283 g/mol. The highest BCUT2D eigenvalue weighted by Gasteiger charge is 2.03. The third kappa shape index (κ3) is 3.03. The second kappa shape index (κ2) is 5.27. The summed E-state index contributed by atoms with van der Waals surface area (Å²) in [7, 11) is 0. The number of anilines is 1. The first kappa shape index (κ1) is 12.0. The van der Waals surface area contributed by atoms with Gasteiger partial charge in [-0.2, -0.15) is 0 Å². The Hall–Kier alpha value is -1.42. The summed E-state index contributed by atoms with van der Waals surface area (Å²) >= 11 is 3.33. The number of hydrogen-bond donors (Lipinski definition) is 1. The zero-order valence-corrected chi connectivity index (χ0v) is 11.0. The van der Waals surface area contributed by atoms with Crippen LogP contribution in [-0.4, -0.2) is 4.98 Å². The SMILES string of the molecule is Cc1cnccc1NCc1cc(Br)ccc1F. The van der Waals surface area contributed by atoms with Gasteiger partial charge in [0.1, 0.15) is 5.82 Å². The molecule has 0 aliphatic rings. The first-order valence-corrected chi connectivity index (χ1v) is 6.04. The van der Waals surface area contributed by atoms with Gasteiger partial charge >= 0.3 is 0 Å². The van der Waals surface area contributed by atoms with Crippen LogP contribution >= 0.6 is 15.9 Å². The summed E-state index contributed by atoms with van der Waals surface area (Å²) in [6, 6.07) is 6.81. The molecule has 0 aliphatic heterocycles. The number of benzene rings is 1. The number of rotatable bonds is 3. The molecule has 0 amide bonds. The molecule has 4 heteroatoms. The van der Waals surface area contributed by atoms with Crippen molar-refractivity contribution in [2.24, 2.45) is 0 Å². The van der Waals surface area contributed by atoms with Gasteiger partial charge in [0, 0.05) is 34.7 Å². The fourth-order valence-electron chi connectivity index (χ4n) is 1.54. The molecule has 0 unspecified atom stereocenters. The molecule has 2 nitrogen and oxygen atoms in total. The molecule has 0 saturated heterocycles. The second-order valence-electron chi connectivity index (χ2n) is 3.78. The first-order chi connectivity index (χ1) is 8.16. The largest absolute Gasteiger partial charge is 0.381 e. The molecule has 0 atom stereocenters. The van der Waals surface area contributed by atoms with E-state index in [0.29, 0.717) is 12.1 Å². The number of nitrogens with zero attached hydrogens (tertiary/aromatic N) is 1.